The van der Waals surface area contributed by atoms with Crippen LogP contribution in [-0.4, -0.2) is 36.7 Å². The number of anilines is 1. The third kappa shape index (κ3) is 4.52. The monoisotopic (exact) mass is 252 g/mol. The molecule has 0 fully saturated rings. The van der Waals surface area contributed by atoms with E-state index in [9.17, 15) is 9.59 Å². The molecular formula is C12H16N2O4. The van der Waals surface area contributed by atoms with Gasteiger partial charge in [-0.15, -0.1) is 0 Å². The third-order valence-electron chi connectivity index (χ3n) is 2.29. The normalized spacial score (nSPS) is 11.9. The molecule has 0 aromatic heterocycles. The average molecular weight is 252 g/mol. The van der Waals surface area contributed by atoms with Crippen molar-refractivity contribution in [3.63, 3.8) is 0 Å². The van der Waals surface area contributed by atoms with Crippen LogP contribution in [0.5, 0.6) is 0 Å². The summed E-state index contributed by atoms with van der Waals surface area (Å²) in [4.78, 5) is 21.8. The van der Waals surface area contributed by atoms with Crippen molar-refractivity contribution in [2.45, 2.75) is 12.5 Å². The molecule has 0 heterocycles. The number of carboxylic acid groups (broad SMARTS) is 1. The first-order valence-corrected chi connectivity index (χ1v) is 5.39. The first-order chi connectivity index (χ1) is 8.52. The van der Waals surface area contributed by atoms with Gasteiger partial charge in [-0.3, -0.25) is 9.59 Å². The van der Waals surface area contributed by atoms with Crippen LogP contribution >= 0.6 is 0 Å². The van der Waals surface area contributed by atoms with Crippen molar-refractivity contribution >= 4 is 17.6 Å². The minimum Gasteiger partial charge on any atom is -0.480 e. The number of benzene rings is 1. The number of methoxy groups -OCH3 is 1. The largest absolute Gasteiger partial charge is 0.480 e. The van der Waals surface area contributed by atoms with Crippen molar-refractivity contribution in [1.82, 2.24) is 0 Å². The molecule has 0 saturated heterocycles. The van der Waals surface area contributed by atoms with Crippen molar-refractivity contribution in [1.29, 1.82) is 0 Å². The molecule has 0 radical (unpaired) electrons. The molecule has 0 aliphatic carbocycles. The van der Waals surface area contributed by atoms with E-state index in [0.29, 0.717) is 5.69 Å². The molecule has 0 saturated carbocycles. The molecule has 6 nitrogen and oxygen atoms in total. The maximum Gasteiger partial charge on any atom is 0.320 e. The van der Waals surface area contributed by atoms with Crippen LogP contribution in [-0.2, 0) is 20.7 Å². The molecule has 0 spiro atoms. The standard InChI is InChI=1S/C12H16N2O4/c1-18-7-11(15)14-9-4-2-8(3-5-9)6-10(13)12(16)17/h2-5,10H,6-7,13H2,1H3,(H,14,15)(H,16,17)/t10-/m0/s1. The first kappa shape index (κ1) is 14.1. The van der Waals surface area contributed by atoms with Crippen LogP contribution < -0.4 is 11.1 Å². The number of amides is 1. The Labute approximate surface area is 105 Å². The van der Waals surface area contributed by atoms with Gasteiger partial charge in [-0.1, -0.05) is 12.1 Å². The van der Waals surface area contributed by atoms with Crippen LogP contribution in [0.15, 0.2) is 24.3 Å². The molecule has 1 rings (SSSR count). The number of carbonyl (C=O) groups excluding carboxylic acids is 1. The van der Waals surface area contributed by atoms with Crippen molar-refractivity contribution in [2.75, 3.05) is 19.0 Å². The Bertz CT molecular complexity index is 417. The SMILES string of the molecule is COCC(=O)Nc1ccc(C[C@H](N)C(=O)O)cc1. The van der Waals surface area contributed by atoms with E-state index in [-0.39, 0.29) is 18.9 Å². The van der Waals surface area contributed by atoms with Crippen molar-refractivity contribution < 1.29 is 19.4 Å². The molecule has 18 heavy (non-hydrogen) atoms. The average Bonchev–Trinajstić information content (AvgIpc) is 2.31. The van der Waals surface area contributed by atoms with Crippen molar-refractivity contribution in [3.8, 4) is 0 Å². The summed E-state index contributed by atoms with van der Waals surface area (Å²) in [7, 11) is 1.44. The Morgan fingerprint density at radius 3 is 2.50 bits per heavy atom. The second-order valence-electron chi connectivity index (χ2n) is 3.83. The lowest BCUT2D eigenvalue weighted by molar-refractivity contribution is -0.138. The summed E-state index contributed by atoms with van der Waals surface area (Å²) in [5, 5.41) is 11.3. The quantitative estimate of drug-likeness (QED) is 0.672. The number of ether oxygens (including phenoxy) is 1. The summed E-state index contributed by atoms with van der Waals surface area (Å²) >= 11 is 0. The van der Waals surface area contributed by atoms with E-state index >= 15 is 0 Å². The van der Waals surface area contributed by atoms with Gasteiger partial charge >= 0.3 is 5.97 Å². The van der Waals surface area contributed by atoms with Gasteiger partial charge in [-0.05, 0) is 24.1 Å². The molecule has 6 heteroatoms. The lowest BCUT2D eigenvalue weighted by atomic mass is 10.1. The number of carboxylic acids is 1. The van der Waals surface area contributed by atoms with E-state index in [2.05, 4.69) is 10.1 Å². The number of hydrogen-bond donors (Lipinski definition) is 3. The van der Waals surface area contributed by atoms with Crippen molar-refractivity contribution in [3.05, 3.63) is 29.8 Å². The van der Waals surface area contributed by atoms with Crippen LogP contribution in [0.3, 0.4) is 0 Å². The van der Waals surface area contributed by atoms with Crippen LogP contribution in [0.1, 0.15) is 5.56 Å². The molecule has 0 unspecified atom stereocenters. The first-order valence-electron chi connectivity index (χ1n) is 5.39. The second kappa shape index (κ2) is 6.73. The summed E-state index contributed by atoms with van der Waals surface area (Å²) in [6.45, 7) is -0.00829. The van der Waals surface area contributed by atoms with Crippen LogP contribution in [0.4, 0.5) is 5.69 Å². The maximum absolute atomic E-state index is 11.2. The highest BCUT2D eigenvalue weighted by Gasteiger charge is 2.11. The Balaban J connectivity index is 2.57. The molecule has 0 bridgehead atoms. The minimum atomic E-state index is -1.03. The molecule has 0 aliphatic rings. The van der Waals surface area contributed by atoms with Gasteiger partial charge < -0.3 is 20.9 Å². The predicted octanol–water partition coefficient (Wildman–Crippen LogP) is 0.226. The van der Waals surface area contributed by atoms with Crippen LogP contribution in [0, 0.1) is 0 Å². The highest BCUT2D eigenvalue weighted by Crippen LogP contribution is 2.10. The molecule has 1 atom stereocenters. The topological polar surface area (TPSA) is 102 Å². The molecule has 1 aromatic rings. The highest BCUT2D eigenvalue weighted by molar-refractivity contribution is 5.91. The van der Waals surface area contributed by atoms with E-state index in [4.69, 9.17) is 10.8 Å². The van der Waals surface area contributed by atoms with Gasteiger partial charge in [0.1, 0.15) is 12.6 Å². The zero-order valence-electron chi connectivity index (χ0n) is 10.1. The second-order valence-corrected chi connectivity index (χ2v) is 3.83. The summed E-state index contributed by atoms with van der Waals surface area (Å²) in [6, 6.07) is 5.92. The van der Waals surface area contributed by atoms with Crippen molar-refractivity contribution in [2.24, 2.45) is 5.73 Å². The zero-order chi connectivity index (χ0) is 13.5. The summed E-state index contributed by atoms with van der Waals surface area (Å²) in [6.07, 6.45) is 0.252. The number of rotatable bonds is 6. The third-order valence-corrected chi connectivity index (χ3v) is 2.29. The molecule has 1 aromatic carbocycles. The number of aliphatic carboxylic acids is 1. The fraction of sp³-hybridized carbons (Fsp3) is 0.333. The highest BCUT2D eigenvalue weighted by atomic mass is 16.5. The molecule has 1 amide bonds. The predicted molar refractivity (Wildman–Crippen MR) is 66.3 cm³/mol. The van der Waals surface area contributed by atoms with Crippen LogP contribution in [0.2, 0.25) is 0 Å². The van der Waals surface area contributed by atoms with E-state index in [0.717, 1.165) is 5.56 Å². The lowest BCUT2D eigenvalue weighted by Crippen LogP contribution is -2.32. The Hall–Kier alpha value is -1.92. The van der Waals surface area contributed by atoms with Gasteiger partial charge in [-0.25, -0.2) is 0 Å². The number of carbonyl (C=O) groups is 2. The van der Waals surface area contributed by atoms with Gasteiger partial charge in [0, 0.05) is 12.8 Å². The summed E-state index contributed by atoms with van der Waals surface area (Å²) in [5.41, 5.74) is 6.85. The Morgan fingerprint density at radius 2 is 2.00 bits per heavy atom. The number of nitrogens with one attached hydrogen (secondary N) is 1. The maximum atomic E-state index is 11.2. The fourth-order valence-electron chi connectivity index (χ4n) is 1.39. The summed E-state index contributed by atoms with van der Waals surface area (Å²) in [5.74, 6) is -1.28. The molecule has 4 N–H and O–H groups in total. The smallest absolute Gasteiger partial charge is 0.320 e. The molecule has 0 aliphatic heterocycles. The van der Waals surface area contributed by atoms with E-state index < -0.39 is 12.0 Å². The van der Waals surface area contributed by atoms with Gasteiger partial charge in [-0.2, -0.15) is 0 Å². The minimum absolute atomic E-state index is 0.00829. The van der Waals surface area contributed by atoms with Gasteiger partial charge in [0.05, 0.1) is 0 Å². The number of hydrogen-bond acceptors (Lipinski definition) is 4. The molecule has 98 valence electrons. The van der Waals surface area contributed by atoms with E-state index in [1.54, 1.807) is 24.3 Å². The van der Waals surface area contributed by atoms with Gasteiger partial charge in [0.15, 0.2) is 0 Å². The van der Waals surface area contributed by atoms with E-state index in [1.807, 2.05) is 0 Å². The lowest BCUT2D eigenvalue weighted by Gasteiger charge is -2.08. The zero-order valence-corrected chi connectivity index (χ0v) is 10.1. The fourth-order valence-corrected chi connectivity index (χ4v) is 1.39. The number of nitrogens with two attached hydrogens (primary N) is 1. The Morgan fingerprint density at radius 1 is 1.39 bits per heavy atom. The van der Waals surface area contributed by atoms with Gasteiger partial charge in [0.25, 0.3) is 0 Å². The van der Waals surface area contributed by atoms with Gasteiger partial charge in [0.2, 0.25) is 5.91 Å². The Kier molecular flexibility index (Phi) is 5.29. The van der Waals surface area contributed by atoms with E-state index in [1.165, 1.54) is 7.11 Å². The van der Waals surface area contributed by atoms with Crippen LogP contribution in [0.25, 0.3) is 0 Å². The molecular weight excluding hydrogens is 236 g/mol. The summed E-state index contributed by atoms with van der Waals surface area (Å²) < 4.78 is 4.68.